The number of aliphatic hydroxyl groups excluding tert-OH is 1. The molecular formula is C82H107N15O18. The Morgan fingerprint density at radius 3 is 1.43 bits per heavy atom. The van der Waals surface area contributed by atoms with Crippen molar-refractivity contribution in [3.8, 4) is 0 Å². The van der Waals surface area contributed by atoms with Crippen LogP contribution in [0.3, 0.4) is 0 Å². The molecule has 9 N–H and O–H groups in total. The van der Waals surface area contributed by atoms with E-state index < -0.39 is 175 Å². The van der Waals surface area contributed by atoms with Crippen molar-refractivity contribution in [1.82, 2.24) is 66.2 Å². The van der Waals surface area contributed by atoms with Crippen molar-refractivity contribution < 1.29 is 86.4 Å². The van der Waals surface area contributed by atoms with Gasteiger partial charge in [0.15, 0.2) is 0 Å². The van der Waals surface area contributed by atoms with Crippen LogP contribution in [0, 0.1) is 11.8 Å². The van der Waals surface area contributed by atoms with Gasteiger partial charge in [0.25, 0.3) is 0 Å². The molecule has 33 heteroatoms. The molecule has 618 valence electrons. The molecule has 0 radical (unpaired) electrons. The third-order valence-corrected chi connectivity index (χ3v) is 22.4. The number of morpholine rings is 1. The molecule has 0 bridgehead atoms. The van der Waals surface area contributed by atoms with Gasteiger partial charge in [0.05, 0.1) is 19.3 Å². The van der Waals surface area contributed by atoms with Gasteiger partial charge in [0, 0.05) is 83.5 Å². The Morgan fingerprint density at radius 2 is 0.922 bits per heavy atom. The zero-order chi connectivity index (χ0) is 82.0. The van der Waals surface area contributed by atoms with Gasteiger partial charge in [-0.2, -0.15) is 0 Å². The summed E-state index contributed by atoms with van der Waals surface area (Å²) in [6.45, 7) is 9.71. The van der Waals surface area contributed by atoms with Gasteiger partial charge < -0.3 is 91.3 Å². The average Bonchev–Trinajstić information content (AvgIpc) is 1.74. The minimum absolute atomic E-state index is 0.0345. The molecule has 15 atom stereocenters. The second-order valence-corrected chi connectivity index (χ2v) is 31.1. The number of carbonyl (C=O) groups is 14. The van der Waals surface area contributed by atoms with E-state index in [1.54, 1.807) is 122 Å². The maximum atomic E-state index is 14.6. The number of urea groups is 2. The van der Waals surface area contributed by atoms with E-state index in [0.717, 1.165) is 18.7 Å². The molecule has 8 aliphatic rings. The number of ether oxygens (including phenoxy) is 3. The molecule has 4 aromatic rings. The Morgan fingerprint density at radius 1 is 0.478 bits per heavy atom. The number of rotatable bonds is 16. The predicted molar refractivity (Wildman–Crippen MR) is 418 cm³/mol. The van der Waals surface area contributed by atoms with Crippen LogP contribution in [0.2, 0.25) is 0 Å². The van der Waals surface area contributed by atoms with Crippen LogP contribution in [-0.4, -0.2) is 287 Å². The number of esters is 2. The van der Waals surface area contributed by atoms with Gasteiger partial charge in [-0.3, -0.25) is 52.8 Å². The molecule has 4 aromatic carbocycles. The van der Waals surface area contributed by atoms with Crippen molar-refractivity contribution in [2.24, 2.45) is 11.8 Å². The van der Waals surface area contributed by atoms with E-state index in [4.69, 9.17) is 14.2 Å². The molecule has 0 spiro atoms. The van der Waals surface area contributed by atoms with Crippen molar-refractivity contribution in [1.29, 1.82) is 0 Å². The largest absolute Gasteiger partial charge is 0.461 e. The number of para-hydroxylation sites is 2. The molecule has 0 aromatic heterocycles. The summed E-state index contributed by atoms with van der Waals surface area (Å²) in [7, 11) is 1.54. The Hall–Kier alpha value is -11.1. The number of benzene rings is 4. The van der Waals surface area contributed by atoms with Gasteiger partial charge in [0.2, 0.25) is 59.1 Å². The molecule has 8 saturated heterocycles. The van der Waals surface area contributed by atoms with Gasteiger partial charge in [0.1, 0.15) is 85.7 Å². The van der Waals surface area contributed by atoms with E-state index in [1.165, 1.54) is 43.4 Å². The molecule has 8 aliphatic heterocycles. The number of carbonyl (C=O) groups excluding carboxylic acids is 14. The number of piperidine rings is 1. The quantitative estimate of drug-likeness (QED) is 0.0721. The summed E-state index contributed by atoms with van der Waals surface area (Å²) in [5.74, 6) is -7.67. The van der Waals surface area contributed by atoms with Gasteiger partial charge in [-0.1, -0.05) is 111 Å². The predicted octanol–water partition coefficient (Wildman–Crippen LogP) is 1.68. The van der Waals surface area contributed by atoms with Crippen molar-refractivity contribution in [2.75, 3.05) is 96.5 Å². The molecule has 1 unspecified atom stereocenters. The summed E-state index contributed by atoms with van der Waals surface area (Å²) in [5, 5.41) is 32.6. The lowest BCUT2D eigenvalue weighted by Crippen LogP contribution is -2.62. The molecule has 14 amide bonds. The van der Waals surface area contributed by atoms with E-state index >= 15 is 0 Å². The highest BCUT2D eigenvalue weighted by Gasteiger charge is 2.50. The number of hydrogen-bond donors (Lipinski definition) is 9. The highest BCUT2D eigenvalue weighted by molar-refractivity contribution is 6.01. The monoisotopic (exact) mass is 1590 g/mol. The van der Waals surface area contributed by atoms with Crippen molar-refractivity contribution >= 4 is 94.4 Å². The minimum atomic E-state index is -1.55. The van der Waals surface area contributed by atoms with Crippen LogP contribution in [0.15, 0.2) is 121 Å². The third kappa shape index (κ3) is 22.1. The summed E-state index contributed by atoms with van der Waals surface area (Å²) in [4.78, 5) is 206. The Bertz CT molecular complexity index is 4130. The number of cyclic esters (lactones) is 2. The summed E-state index contributed by atoms with van der Waals surface area (Å²) >= 11 is 0. The number of likely N-dealkylation sites (N-methyl/N-ethyl adjacent to an activating group) is 1. The van der Waals surface area contributed by atoms with Crippen molar-refractivity contribution in [3.63, 3.8) is 0 Å². The normalized spacial score (nSPS) is 27.3. The summed E-state index contributed by atoms with van der Waals surface area (Å²) in [6.07, 6.45) is 2.75. The lowest BCUT2D eigenvalue weighted by Gasteiger charge is -2.39. The van der Waals surface area contributed by atoms with E-state index in [9.17, 15) is 72.2 Å². The van der Waals surface area contributed by atoms with Crippen LogP contribution in [0.4, 0.5) is 21.0 Å². The number of anilines is 2. The Labute approximate surface area is 668 Å². The first-order valence-corrected chi connectivity index (χ1v) is 39.9. The first kappa shape index (κ1) is 84.8. The molecule has 0 aliphatic carbocycles. The zero-order valence-electron chi connectivity index (χ0n) is 65.7. The van der Waals surface area contributed by atoms with Crippen LogP contribution in [0.1, 0.15) is 103 Å². The molecule has 8 heterocycles. The van der Waals surface area contributed by atoms with E-state index in [1.807, 2.05) is 19.9 Å². The first-order valence-electron chi connectivity index (χ1n) is 39.9. The number of amides is 14. The van der Waals surface area contributed by atoms with Gasteiger partial charge in [-0.25, -0.2) is 19.2 Å². The topological polar surface area (TPSA) is 406 Å². The Balaban J connectivity index is 0.000000227. The summed E-state index contributed by atoms with van der Waals surface area (Å²) in [5.41, 5.74) is 2.43. The lowest BCUT2D eigenvalue weighted by molar-refractivity contribution is -0.158. The number of hydrogen-bond acceptors (Lipinski definition) is 19. The van der Waals surface area contributed by atoms with Gasteiger partial charge >= 0.3 is 24.0 Å². The average molecular weight is 1590 g/mol. The number of fused-ring (bicyclic) bond motifs is 5. The molecule has 33 nitrogen and oxygen atoms in total. The highest BCUT2D eigenvalue weighted by atomic mass is 16.5. The minimum Gasteiger partial charge on any atom is -0.461 e. The van der Waals surface area contributed by atoms with Gasteiger partial charge in [-0.15, -0.1) is 0 Å². The van der Waals surface area contributed by atoms with Crippen LogP contribution in [-0.2, 0) is 84.6 Å². The second-order valence-electron chi connectivity index (χ2n) is 31.1. The SMILES string of the molecule is C[C@@H]1C[C@H]2C(=O)OC[C@H](NC(=O)[C@H](Cc3ccccc3)NC(=O)Nc3ccccc3)C(=O)N3CC(O)C[C@H]3C(=O)N3CCCC[C@H]3C(=O)N[C@@H](C)C(=O)N2C1.C[C@@H]1C[C@H]2C(=O)OC[C@H](NC(=O)[C@H](Cc3ccccc3)NC(=O)Nc3ccccc3)C(=O)N3CCC[C@H]3C(=O)N(C)[C@@H](CCCN3CCOCC3)C(=O)N[C@@H](C)C(=O)N2C1. The third-order valence-electron chi connectivity index (χ3n) is 22.4. The Kier molecular flexibility index (Phi) is 29.4. The van der Waals surface area contributed by atoms with E-state index in [0.29, 0.717) is 88.1 Å². The number of nitrogens with zero attached hydrogens (tertiary/aromatic N) is 7. The van der Waals surface area contributed by atoms with E-state index in [2.05, 4.69) is 47.4 Å². The zero-order valence-corrected chi connectivity index (χ0v) is 65.7. The van der Waals surface area contributed by atoms with E-state index in [-0.39, 0.29) is 70.2 Å². The lowest BCUT2D eigenvalue weighted by atomic mass is 9.99. The van der Waals surface area contributed by atoms with Crippen LogP contribution in [0.25, 0.3) is 0 Å². The maximum Gasteiger partial charge on any atom is 0.328 e. The molecule has 115 heavy (non-hydrogen) atoms. The molecule has 12 rings (SSSR count). The standard InChI is InChI=1S/C43H58N8O9.C39H49N7O9/c1-28-24-36-42(57)60-27-33(46-37(52)32(25-30-12-6-4-7-13-30)47-43(58)45-31-14-8-5-9-15-31)40(55)50-19-11-17-35(50)41(56)48(3)34(16-10-18-49-20-22-59-23-21-49)38(53)44-29(2)39(54)51(36)26-28;1-23-17-32-38(53)55-22-29(42-33(48)28(18-25-11-5-3-6-12-25)43-39(54)41-26-13-7-4-8-14-26)36(51)46-21-27(47)19-31(46)37(52)44-16-10-9-15-30(44)34(49)40-24(2)35(50)45(32)20-23/h4-9,12-15,28-29,32-36H,10-11,16-27H2,1-3H3,(H,44,53)(H,46,52)(H2,45,47,58);3-8,11-14,23-24,27-32,47H,9-10,15-22H2,1-2H3,(H,40,49)(H,42,48)(H2,41,43,54)/t28-,29+,32+,33+,34+,35+,36+;23-,24+,27?,28+,29+,30+,31+,32+/m11/s1. The fourth-order valence-electron chi connectivity index (χ4n) is 16.4. The molecular weight excluding hydrogens is 1480 g/mol. The fraction of sp³-hybridized carbons (Fsp3) is 0.537. The van der Waals surface area contributed by atoms with Crippen molar-refractivity contribution in [3.05, 3.63) is 132 Å². The van der Waals surface area contributed by atoms with Crippen LogP contribution in [0.5, 0.6) is 0 Å². The second kappa shape index (κ2) is 39.8. The van der Waals surface area contributed by atoms with Gasteiger partial charge in [-0.05, 0) is 125 Å². The first-order chi connectivity index (χ1) is 55.3. The van der Waals surface area contributed by atoms with Crippen LogP contribution >= 0.6 is 0 Å². The summed E-state index contributed by atoms with van der Waals surface area (Å²) in [6, 6.07) is 20.5. The van der Waals surface area contributed by atoms with Crippen molar-refractivity contribution in [2.45, 2.75) is 183 Å². The number of nitrogens with one attached hydrogen (secondary N) is 8. The summed E-state index contributed by atoms with van der Waals surface area (Å²) < 4.78 is 16.9. The highest BCUT2D eigenvalue weighted by Crippen LogP contribution is 2.31. The molecule has 0 saturated carbocycles. The maximum absolute atomic E-state index is 14.6. The fourth-order valence-corrected chi connectivity index (χ4v) is 16.4. The molecule has 8 fully saturated rings. The number of aliphatic hydroxyl groups is 1. The smallest absolute Gasteiger partial charge is 0.328 e. The van der Waals surface area contributed by atoms with Crippen LogP contribution < -0.4 is 42.5 Å².